The summed E-state index contributed by atoms with van der Waals surface area (Å²) in [6.07, 6.45) is 2.40. The smallest absolute Gasteiger partial charge is 0.236 e. The number of nitrogens with one attached hydrogen (secondary N) is 1. The second-order valence-electron chi connectivity index (χ2n) is 8.30. The van der Waals surface area contributed by atoms with Gasteiger partial charge >= 0.3 is 0 Å². The van der Waals surface area contributed by atoms with Crippen molar-refractivity contribution in [1.82, 2.24) is 9.97 Å². The van der Waals surface area contributed by atoms with Crippen LogP contribution in [-0.4, -0.2) is 42.2 Å². The van der Waals surface area contributed by atoms with E-state index in [1.807, 2.05) is 13.8 Å². The van der Waals surface area contributed by atoms with Crippen LogP contribution >= 0.6 is 23.2 Å². The average Bonchev–Trinajstić information content (AvgIpc) is 2.81. The van der Waals surface area contributed by atoms with Gasteiger partial charge in [-0.05, 0) is 35.4 Å². The number of hydrogen-bond donors (Lipinski definition) is 2. The molecule has 3 rings (SSSR count). The SMILES string of the molecule is CC(C)(c1ccc(OCc2ccnc(NS(C)(=O)=O)n2)c(O)c1)c1ccc(C#N)c(OCCCl)c1Cl. The molecular formula is C24H24Cl2N4O5S. The molecule has 9 nitrogen and oxygen atoms in total. The van der Waals surface area contributed by atoms with Gasteiger partial charge in [-0.15, -0.1) is 11.6 Å². The standard InChI is InChI=1S/C24H24Cl2N4O5S/c1-24(2,18-6-4-15(13-27)22(21(18)26)34-11-9-25)16-5-7-20(19(31)12-16)35-14-17-8-10-28-23(29-17)30-36(3,32)33/h4-8,10,12,31H,9,11,14H2,1-3H3,(H,28,29,30). The third-order valence-electron chi connectivity index (χ3n) is 5.26. The van der Waals surface area contributed by atoms with Gasteiger partial charge in [0.1, 0.15) is 19.3 Å². The number of nitrogens with zero attached hydrogens (tertiary/aromatic N) is 3. The summed E-state index contributed by atoms with van der Waals surface area (Å²) in [5.74, 6) is 0.544. The van der Waals surface area contributed by atoms with E-state index in [9.17, 15) is 18.8 Å². The van der Waals surface area contributed by atoms with Crippen LogP contribution in [0.1, 0.15) is 36.2 Å². The minimum absolute atomic E-state index is 0.0278. The average molecular weight is 551 g/mol. The molecule has 36 heavy (non-hydrogen) atoms. The molecule has 0 atom stereocenters. The second kappa shape index (κ2) is 11.2. The molecule has 0 unspecified atom stereocenters. The van der Waals surface area contributed by atoms with E-state index in [-0.39, 0.29) is 42.3 Å². The number of alkyl halides is 1. The lowest BCUT2D eigenvalue weighted by Gasteiger charge is -2.28. The van der Waals surface area contributed by atoms with E-state index in [1.54, 1.807) is 36.4 Å². The maximum absolute atomic E-state index is 11.4. The molecule has 2 N–H and O–H groups in total. The molecule has 2 aromatic carbocycles. The summed E-state index contributed by atoms with van der Waals surface area (Å²) in [6, 6.07) is 12.0. The third-order valence-corrected chi connectivity index (χ3v) is 6.34. The van der Waals surface area contributed by atoms with E-state index in [1.165, 1.54) is 6.20 Å². The van der Waals surface area contributed by atoms with E-state index in [0.29, 0.717) is 21.8 Å². The van der Waals surface area contributed by atoms with Crippen molar-refractivity contribution in [3.05, 3.63) is 70.0 Å². The van der Waals surface area contributed by atoms with Crippen LogP contribution in [0, 0.1) is 11.3 Å². The number of benzene rings is 2. The first-order valence-electron chi connectivity index (χ1n) is 10.6. The molecule has 0 aliphatic heterocycles. The predicted molar refractivity (Wildman–Crippen MR) is 137 cm³/mol. The van der Waals surface area contributed by atoms with Crippen molar-refractivity contribution in [2.75, 3.05) is 23.5 Å². The highest BCUT2D eigenvalue weighted by Crippen LogP contribution is 2.43. The molecule has 0 saturated heterocycles. The number of halogens is 2. The molecule has 0 spiro atoms. The molecule has 12 heteroatoms. The summed E-state index contributed by atoms with van der Waals surface area (Å²) in [7, 11) is -3.52. The first-order valence-corrected chi connectivity index (χ1v) is 13.4. The maximum Gasteiger partial charge on any atom is 0.236 e. The Hall–Kier alpha value is -3.26. The molecule has 0 saturated carbocycles. The number of anilines is 1. The number of rotatable bonds is 10. The summed E-state index contributed by atoms with van der Waals surface area (Å²) >= 11 is 12.4. The molecule has 3 aromatic rings. The highest BCUT2D eigenvalue weighted by Gasteiger charge is 2.29. The number of hydrogen-bond acceptors (Lipinski definition) is 8. The Morgan fingerprint density at radius 2 is 1.94 bits per heavy atom. The van der Waals surface area contributed by atoms with Gasteiger partial charge in [0.2, 0.25) is 16.0 Å². The fraction of sp³-hybridized carbons (Fsp3) is 0.292. The van der Waals surface area contributed by atoms with E-state index in [4.69, 9.17) is 32.7 Å². The van der Waals surface area contributed by atoms with Crippen LogP contribution in [0.5, 0.6) is 17.2 Å². The zero-order valence-electron chi connectivity index (χ0n) is 19.7. The predicted octanol–water partition coefficient (Wildman–Crippen LogP) is 4.60. The molecule has 0 aliphatic rings. The summed E-state index contributed by atoms with van der Waals surface area (Å²) in [5, 5.41) is 20.4. The summed E-state index contributed by atoms with van der Waals surface area (Å²) < 4.78 is 36.3. The van der Waals surface area contributed by atoms with Gasteiger partial charge in [-0.3, -0.25) is 4.72 Å². The van der Waals surface area contributed by atoms with Gasteiger partial charge in [0.05, 0.1) is 28.4 Å². The van der Waals surface area contributed by atoms with Gasteiger partial charge < -0.3 is 14.6 Å². The van der Waals surface area contributed by atoms with Crippen molar-refractivity contribution in [3.8, 4) is 23.3 Å². The second-order valence-corrected chi connectivity index (χ2v) is 10.8. The number of nitriles is 1. The molecule has 1 heterocycles. The Kier molecular flexibility index (Phi) is 8.51. The maximum atomic E-state index is 11.4. The number of phenols is 1. The molecule has 1 aromatic heterocycles. The molecular weight excluding hydrogens is 527 g/mol. The lowest BCUT2D eigenvalue weighted by atomic mass is 9.77. The van der Waals surface area contributed by atoms with E-state index in [2.05, 4.69) is 20.8 Å². The minimum atomic E-state index is -3.52. The van der Waals surface area contributed by atoms with Crippen LogP contribution in [0.3, 0.4) is 0 Å². The Bertz CT molecular complexity index is 1410. The zero-order valence-corrected chi connectivity index (χ0v) is 22.1. The van der Waals surface area contributed by atoms with Crippen LogP contribution in [-0.2, 0) is 22.0 Å². The quantitative estimate of drug-likeness (QED) is 0.349. The summed E-state index contributed by atoms with van der Waals surface area (Å²) in [6.45, 7) is 4.03. The number of ether oxygens (including phenoxy) is 2. The fourth-order valence-corrected chi connectivity index (χ4v) is 4.40. The van der Waals surface area contributed by atoms with Crippen LogP contribution in [0.4, 0.5) is 5.95 Å². The highest BCUT2D eigenvalue weighted by molar-refractivity contribution is 7.91. The Balaban J connectivity index is 1.83. The van der Waals surface area contributed by atoms with Gasteiger partial charge in [-0.25, -0.2) is 18.4 Å². The van der Waals surface area contributed by atoms with E-state index in [0.717, 1.165) is 11.8 Å². The Morgan fingerprint density at radius 1 is 1.19 bits per heavy atom. The van der Waals surface area contributed by atoms with Gasteiger partial charge in [-0.1, -0.05) is 37.6 Å². The van der Waals surface area contributed by atoms with Crippen molar-refractivity contribution in [1.29, 1.82) is 5.26 Å². The van der Waals surface area contributed by atoms with Crippen molar-refractivity contribution >= 4 is 39.2 Å². The molecule has 0 amide bonds. The topological polar surface area (TPSA) is 134 Å². The zero-order chi connectivity index (χ0) is 26.5. The van der Waals surface area contributed by atoms with Crippen LogP contribution in [0.2, 0.25) is 5.02 Å². The minimum Gasteiger partial charge on any atom is -0.504 e. The largest absolute Gasteiger partial charge is 0.504 e. The van der Waals surface area contributed by atoms with Crippen molar-refractivity contribution in [2.24, 2.45) is 0 Å². The molecule has 190 valence electrons. The van der Waals surface area contributed by atoms with Crippen molar-refractivity contribution in [2.45, 2.75) is 25.9 Å². The normalized spacial score (nSPS) is 11.6. The number of aromatic nitrogens is 2. The van der Waals surface area contributed by atoms with Gasteiger partial charge in [0.15, 0.2) is 17.2 Å². The van der Waals surface area contributed by atoms with Gasteiger partial charge in [-0.2, -0.15) is 5.26 Å². The number of sulfonamides is 1. The lowest BCUT2D eigenvalue weighted by molar-refractivity contribution is 0.284. The van der Waals surface area contributed by atoms with Crippen LogP contribution in [0.25, 0.3) is 0 Å². The Labute approximate surface area is 219 Å². The Morgan fingerprint density at radius 3 is 2.58 bits per heavy atom. The monoisotopic (exact) mass is 550 g/mol. The molecule has 0 radical (unpaired) electrons. The number of aromatic hydroxyl groups is 1. The van der Waals surface area contributed by atoms with Crippen molar-refractivity contribution in [3.63, 3.8) is 0 Å². The highest BCUT2D eigenvalue weighted by atomic mass is 35.5. The molecule has 0 aliphatic carbocycles. The van der Waals surface area contributed by atoms with Gasteiger partial charge in [0.25, 0.3) is 0 Å². The van der Waals surface area contributed by atoms with E-state index >= 15 is 0 Å². The summed E-state index contributed by atoms with van der Waals surface area (Å²) in [5.41, 5.74) is 1.49. The first-order chi connectivity index (χ1) is 17.0. The van der Waals surface area contributed by atoms with Gasteiger partial charge in [0, 0.05) is 11.6 Å². The number of phenolic OH excluding ortho intramolecular Hbond substituents is 1. The van der Waals surface area contributed by atoms with Crippen molar-refractivity contribution < 1.29 is 23.0 Å². The first kappa shape index (κ1) is 27.3. The summed E-state index contributed by atoms with van der Waals surface area (Å²) in [4.78, 5) is 7.94. The van der Waals surface area contributed by atoms with E-state index < -0.39 is 15.4 Å². The molecule has 0 fully saturated rings. The van der Waals surface area contributed by atoms with Crippen LogP contribution in [0.15, 0.2) is 42.6 Å². The molecule has 0 bridgehead atoms. The lowest BCUT2D eigenvalue weighted by Crippen LogP contribution is -2.20. The fourth-order valence-electron chi connectivity index (χ4n) is 3.44. The third kappa shape index (κ3) is 6.49. The van der Waals surface area contributed by atoms with Crippen LogP contribution < -0.4 is 14.2 Å².